The predicted octanol–water partition coefficient (Wildman–Crippen LogP) is 4.27. The first-order valence-electron chi connectivity index (χ1n) is 12.1. The molecule has 0 spiro atoms. The van der Waals surface area contributed by atoms with Crippen LogP contribution in [0, 0.1) is 0 Å². The van der Waals surface area contributed by atoms with Crippen LogP contribution in [0.4, 0.5) is 36.4 Å². The third-order valence-corrected chi connectivity index (χ3v) is 7.55. The van der Waals surface area contributed by atoms with E-state index in [1.807, 2.05) is 6.92 Å². The molecule has 0 bridgehead atoms. The van der Waals surface area contributed by atoms with Crippen molar-refractivity contribution >= 4 is 39.2 Å². The quantitative estimate of drug-likeness (QED) is 0.417. The number of halogens is 3. The Morgan fingerprint density at radius 3 is 2.64 bits per heavy atom. The van der Waals surface area contributed by atoms with Crippen molar-refractivity contribution in [3.63, 3.8) is 0 Å². The molecule has 0 saturated carbocycles. The van der Waals surface area contributed by atoms with E-state index >= 15 is 0 Å². The van der Waals surface area contributed by atoms with Gasteiger partial charge in [-0.1, -0.05) is 12.1 Å². The Bertz CT molecular complexity index is 1470. The molecule has 1 aliphatic heterocycles. The molecule has 1 amide bonds. The fraction of sp³-hybridized carbons (Fsp3) is 0.360. The topological polar surface area (TPSA) is 120 Å². The van der Waals surface area contributed by atoms with Crippen LogP contribution < -0.4 is 14.9 Å². The maximum absolute atomic E-state index is 13.7. The van der Waals surface area contributed by atoms with Gasteiger partial charge in [0.25, 0.3) is 5.91 Å². The second kappa shape index (κ2) is 11.0. The van der Waals surface area contributed by atoms with Crippen LogP contribution in [0.2, 0.25) is 0 Å². The molecule has 1 atom stereocenters. The molecule has 1 saturated heterocycles. The van der Waals surface area contributed by atoms with Crippen molar-refractivity contribution in [2.75, 3.05) is 34.8 Å². The van der Waals surface area contributed by atoms with Gasteiger partial charge in [0, 0.05) is 55.4 Å². The van der Waals surface area contributed by atoms with E-state index in [1.54, 1.807) is 41.3 Å². The number of sulfonamides is 1. The largest absolute Gasteiger partial charge is 0.421 e. The zero-order valence-corrected chi connectivity index (χ0v) is 22.3. The number of nitrogens with zero attached hydrogens (tertiary/aromatic N) is 5. The predicted molar refractivity (Wildman–Crippen MR) is 141 cm³/mol. The first kappa shape index (κ1) is 28.1. The zero-order valence-electron chi connectivity index (χ0n) is 21.5. The lowest BCUT2D eigenvalue weighted by Crippen LogP contribution is -2.33. The van der Waals surface area contributed by atoms with Crippen LogP contribution in [0.25, 0.3) is 0 Å². The highest BCUT2D eigenvalue weighted by Gasteiger charge is 2.35. The second-order valence-corrected chi connectivity index (χ2v) is 11.2. The molecular formula is C25H28F3N7O3S. The number of likely N-dealkylation sites (tertiary alicyclic amines) is 1. The molecule has 3 heterocycles. The van der Waals surface area contributed by atoms with Crippen molar-refractivity contribution in [3.8, 4) is 0 Å². The molecule has 10 nitrogen and oxygen atoms in total. The molecule has 39 heavy (non-hydrogen) atoms. The third kappa shape index (κ3) is 6.56. The molecule has 14 heteroatoms. The number of carbonyl (C=O) groups is 1. The maximum atomic E-state index is 13.7. The summed E-state index contributed by atoms with van der Waals surface area (Å²) in [4.78, 5) is 26.6. The average Bonchev–Trinajstić information content (AvgIpc) is 3.31. The molecule has 2 aromatic heterocycles. The smallest absolute Gasteiger partial charge is 0.365 e. The van der Waals surface area contributed by atoms with Gasteiger partial charge >= 0.3 is 6.18 Å². The summed E-state index contributed by atoms with van der Waals surface area (Å²) in [5.74, 6) is -0.674. The van der Waals surface area contributed by atoms with Crippen LogP contribution in [-0.2, 0) is 22.7 Å². The van der Waals surface area contributed by atoms with Gasteiger partial charge in [-0.3, -0.25) is 9.10 Å². The number of benzene rings is 1. The molecule has 1 fully saturated rings. The zero-order chi connectivity index (χ0) is 28.4. The van der Waals surface area contributed by atoms with Crippen LogP contribution in [0.3, 0.4) is 0 Å². The van der Waals surface area contributed by atoms with Crippen LogP contribution in [0.15, 0.2) is 48.8 Å². The lowest BCUT2D eigenvalue weighted by molar-refractivity contribution is -0.137. The Kier molecular flexibility index (Phi) is 7.95. The van der Waals surface area contributed by atoms with E-state index in [4.69, 9.17) is 0 Å². The molecule has 2 N–H and O–H groups in total. The molecule has 0 aliphatic carbocycles. The van der Waals surface area contributed by atoms with Gasteiger partial charge in [0.15, 0.2) is 0 Å². The second-order valence-electron chi connectivity index (χ2n) is 9.22. The number of aromatic nitrogens is 3. The number of pyridine rings is 1. The summed E-state index contributed by atoms with van der Waals surface area (Å²) in [5.41, 5.74) is 0.122. The SMILES string of the molecule is CC1CCCN1C(=O)c1cccc(Nc2ncc(C(F)(F)F)c(NCc3cccnc3N(C)S(C)(=O)=O)n2)c1. The van der Waals surface area contributed by atoms with Crippen LogP contribution in [0.1, 0.15) is 41.3 Å². The highest BCUT2D eigenvalue weighted by molar-refractivity contribution is 7.92. The number of hydrogen-bond donors (Lipinski definition) is 2. The van der Waals surface area contributed by atoms with Gasteiger partial charge in [-0.15, -0.1) is 0 Å². The van der Waals surface area contributed by atoms with Crippen molar-refractivity contribution in [2.45, 2.75) is 38.5 Å². The summed E-state index contributed by atoms with van der Waals surface area (Å²) in [6.45, 7) is 2.47. The van der Waals surface area contributed by atoms with Gasteiger partial charge in [0.1, 0.15) is 17.2 Å². The summed E-state index contributed by atoms with van der Waals surface area (Å²) < 4.78 is 66.1. The lowest BCUT2D eigenvalue weighted by Gasteiger charge is -2.21. The first-order valence-corrected chi connectivity index (χ1v) is 13.9. The lowest BCUT2D eigenvalue weighted by atomic mass is 10.1. The summed E-state index contributed by atoms with van der Waals surface area (Å²) in [6.07, 6.45) is 0.163. The molecule has 1 aliphatic rings. The number of nitrogens with one attached hydrogen (secondary N) is 2. The van der Waals surface area contributed by atoms with E-state index in [1.165, 1.54) is 13.2 Å². The first-order chi connectivity index (χ1) is 18.3. The highest BCUT2D eigenvalue weighted by atomic mass is 32.2. The minimum absolute atomic E-state index is 0.0715. The van der Waals surface area contributed by atoms with Gasteiger partial charge in [0.05, 0.1) is 6.26 Å². The van der Waals surface area contributed by atoms with Crippen molar-refractivity contribution in [1.29, 1.82) is 0 Å². The standard InChI is InChI=1S/C25H28F3N7O3S/c1-16-7-6-12-35(16)23(36)17-8-4-10-19(13-17)32-24-31-15-20(25(26,27)28)21(33-24)30-14-18-9-5-11-29-22(18)34(2)39(3,37)38/h4-5,8-11,13,15-16H,6-7,12,14H2,1-3H3,(H2,30,31,32,33). The van der Waals surface area contributed by atoms with Crippen molar-refractivity contribution in [3.05, 3.63) is 65.5 Å². The van der Waals surface area contributed by atoms with Crippen LogP contribution in [0.5, 0.6) is 0 Å². The van der Waals surface area contributed by atoms with Crippen LogP contribution >= 0.6 is 0 Å². The van der Waals surface area contributed by atoms with E-state index < -0.39 is 27.6 Å². The number of hydrogen-bond acceptors (Lipinski definition) is 8. The summed E-state index contributed by atoms with van der Waals surface area (Å²) in [7, 11) is -2.35. The Morgan fingerprint density at radius 1 is 1.21 bits per heavy atom. The Balaban J connectivity index is 1.58. The maximum Gasteiger partial charge on any atom is 0.421 e. The molecule has 0 radical (unpaired) electrons. The van der Waals surface area contributed by atoms with Gasteiger partial charge < -0.3 is 15.5 Å². The van der Waals surface area contributed by atoms with E-state index in [0.29, 0.717) is 29.6 Å². The molecule has 1 aromatic carbocycles. The minimum Gasteiger partial charge on any atom is -0.365 e. The highest BCUT2D eigenvalue weighted by Crippen LogP contribution is 2.34. The number of anilines is 4. The molecule has 3 aromatic rings. The fourth-order valence-electron chi connectivity index (χ4n) is 4.23. The van der Waals surface area contributed by atoms with Crippen molar-refractivity contribution < 1.29 is 26.4 Å². The number of rotatable bonds is 8. The number of carbonyl (C=O) groups excluding carboxylic acids is 1. The molecule has 4 rings (SSSR count). The fourth-order valence-corrected chi connectivity index (χ4v) is 4.71. The van der Waals surface area contributed by atoms with Crippen molar-refractivity contribution in [1.82, 2.24) is 19.9 Å². The molecule has 208 valence electrons. The van der Waals surface area contributed by atoms with E-state index in [0.717, 1.165) is 23.4 Å². The van der Waals surface area contributed by atoms with E-state index in [9.17, 15) is 26.4 Å². The summed E-state index contributed by atoms with van der Waals surface area (Å²) in [5, 5.41) is 5.51. The minimum atomic E-state index is -4.75. The van der Waals surface area contributed by atoms with Gasteiger partial charge in [-0.05, 0) is 44.0 Å². The van der Waals surface area contributed by atoms with Gasteiger partial charge in [0.2, 0.25) is 16.0 Å². The van der Waals surface area contributed by atoms with Gasteiger partial charge in [-0.2, -0.15) is 18.2 Å². The van der Waals surface area contributed by atoms with Gasteiger partial charge in [-0.25, -0.2) is 18.4 Å². The number of alkyl halides is 3. The molecule has 1 unspecified atom stereocenters. The normalized spacial score (nSPS) is 15.7. The average molecular weight is 564 g/mol. The Hall–Kier alpha value is -3.94. The summed E-state index contributed by atoms with van der Waals surface area (Å²) in [6, 6.07) is 9.84. The van der Waals surface area contributed by atoms with E-state index in [-0.39, 0.29) is 30.3 Å². The monoisotopic (exact) mass is 563 g/mol. The Morgan fingerprint density at radius 2 is 1.97 bits per heavy atom. The van der Waals surface area contributed by atoms with Crippen LogP contribution in [-0.4, -0.2) is 60.1 Å². The summed E-state index contributed by atoms with van der Waals surface area (Å²) >= 11 is 0. The van der Waals surface area contributed by atoms with E-state index in [2.05, 4.69) is 25.6 Å². The third-order valence-electron chi connectivity index (χ3n) is 6.38. The Labute approximate surface area is 224 Å². The molecular weight excluding hydrogens is 535 g/mol. The van der Waals surface area contributed by atoms with Crippen molar-refractivity contribution in [2.24, 2.45) is 0 Å². The number of amides is 1.